The van der Waals surface area contributed by atoms with Gasteiger partial charge in [-0.15, -0.1) is 0 Å². The largest absolute Gasteiger partial charge is 0.479 e. The van der Waals surface area contributed by atoms with E-state index in [-0.39, 0.29) is 0 Å². The van der Waals surface area contributed by atoms with Crippen molar-refractivity contribution in [1.29, 1.82) is 0 Å². The monoisotopic (exact) mass is 401 g/mol. The van der Waals surface area contributed by atoms with Gasteiger partial charge < -0.3 is 19.0 Å². The van der Waals surface area contributed by atoms with Crippen LogP contribution in [0, 0.1) is 18.8 Å². The van der Waals surface area contributed by atoms with Gasteiger partial charge >= 0.3 is 5.97 Å². The molecule has 0 unspecified atom stereocenters. The molecule has 2 atom stereocenters. The molecule has 1 aliphatic rings. The number of nitrogens with zero attached hydrogens (tertiary/aromatic N) is 1. The number of carboxylic acids is 1. The van der Waals surface area contributed by atoms with Crippen LogP contribution in [-0.2, 0) is 20.9 Å². The fourth-order valence-electron chi connectivity index (χ4n) is 3.68. The van der Waals surface area contributed by atoms with Crippen LogP contribution >= 0.6 is 0 Å². The van der Waals surface area contributed by atoms with E-state index in [1.165, 1.54) is 0 Å². The molecule has 29 heavy (non-hydrogen) atoms. The minimum Gasteiger partial charge on any atom is -0.479 e. The summed E-state index contributed by atoms with van der Waals surface area (Å²) in [5.74, 6) is 1.33. The van der Waals surface area contributed by atoms with Crippen LogP contribution in [0.4, 0.5) is 0 Å². The lowest BCUT2D eigenvalue weighted by molar-refractivity contribution is -0.163. The van der Waals surface area contributed by atoms with Gasteiger partial charge in [0.2, 0.25) is 5.89 Å². The highest BCUT2D eigenvalue weighted by Gasteiger charge is 2.30. The summed E-state index contributed by atoms with van der Waals surface area (Å²) in [6, 6.07) is 9.85. The van der Waals surface area contributed by atoms with Gasteiger partial charge in [0.15, 0.2) is 5.60 Å². The van der Waals surface area contributed by atoms with Crippen molar-refractivity contribution < 1.29 is 23.8 Å². The lowest BCUT2D eigenvalue weighted by atomic mass is 9.82. The summed E-state index contributed by atoms with van der Waals surface area (Å²) >= 11 is 0. The number of oxazole rings is 1. The Hall–Kier alpha value is -2.18. The third-order valence-corrected chi connectivity index (χ3v) is 5.59. The first-order valence-corrected chi connectivity index (χ1v) is 10.3. The number of carboxylic acid groups (broad SMARTS) is 1. The number of aliphatic carboxylic acids is 1. The Labute approximate surface area is 172 Å². The van der Waals surface area contributed by atoms with Crippen molar-refractivity contribution in [3.63, 3.8) is 0 Å². The van der Waals surface area contributed by atoms with Gasteiger partial charge in [-0.2, -0.15) is 0 Å². The van der Waals surface area contributed by atoms with Crippen molar-refractivity contribution in [2.45, 2.75) is 58.7 Å². The molecule has 0 bridgehead atoms. The molecule has 1 heterocycles. The smallest absolute Gasteiger partial charge is 0.335 e. The second-order valence-corrected chi connectivity index (χ2v) is 8.43. The number of ether oxygens (including phenoxy) is 2. The molecule has 1 fully saturated rings. The standard InChI is InChI=1S/C23H31NO5/c1-16-20(24-21(29-16)19-10-5-4-6-11-19)15-27-13-17-8-7-9-18(12-17)14-28-23(2,3)22(25)26/h4-6,10-11,17-18H,7-9,12-15H2,1-3H3,(H,25,26)/t17-,18+/m1/s1. The van der Waals surface area contributed by atoms with E-state index in [9.17, 15) is 9.90 Å². The minimum atomic E-state index is -1.13. The summed E-state index contributed by atoms with van der Waals surface area (Å²) in [5.41, 5.74) is 0.661. The van der Waals surface area contributed by atoms with Gasteiger partial charge in [0.05, 0.1) is 13.2 Å². The first kappa shape index (κ1) is 21.5. The zero-order valence-corrected chi connectivity index (χ0v) is 17.5. The van der Waals surface area contributed by atoms with Gasteiger partial charge in [0.25, 0.3) is 0 Å². The van der Waals surface area contributed by atoms with E-state index in [0.717, 1.165) is 42.7 Å². The van der Waals surface area contributed by atoms with Gasteiger partial charge in [-0.05, 0) is 64.0 Å². The molecule has 1 aromatic carbocycles. The van der Waals surface area contributed by atoms with Crippen molar-refractivity contribution in [3.05, 3.63) is 41.8 Å². The van der Waals surface area contributed by atoms with Crippen molar-refractivity contribution in [1.82, 2.24) is 4.98 Å². The molecular weight excluding hydrogens is 370 g/mol. The second-order valence-electron chi connectivity index (χ2n) is 8.43. The molecule has 0 spiro atoms. The molecule has 6 nitrogen and oxygen atoms in total. The molecule has 1 N–H and O–H groups in total. The first-order chi connectivity index (χ1) is 13.8. The van der Waals surface area contributed by atoms with E-state index in [2.05, 4.69) is 4.98 Å². The Morgan fingerprint density at radius 1 is 1.21 bits per heavy atom. The predicted molar refractivity (Wildman–Crippen MR) is 109 cm³/mol. The summed E-state index contributed by atoms with van der Waals surface area (Å²) < 4.78 is 17.4. The predicted octanol–water partition coefficient (Wildman–Crippen LogP) is 4.85. The Morgan fingerprint density at radius 3 is 2.59 bits per heavy atom. The zero-order valence-electron chi connectivity index (χ0n) is 17.5. The first-order valence-electron chi connectivity index (χ1n) is 10.3. The third kappa shape index (κ3) is 5.90. The van der Waals surface area contributed by atoms with E-state index < -0.39 is 11.6 Å². The van der Waals surface area contributed by atoms with Gasteiger partial charge in [-0.3, -0.25) is 0 Å². The van der Waals surface area contributed by atoms with Gasteiger partial charge in [-0.1, -0.05) is 24.6 Å². The normalized spacial score (nSPS) is 20.0. The molecule has 0 aliphatic heterocycles. The van der Waals surface area contributed by atoms with E-state index in [4.69, 9.17) is 13.9 Å². The molecular formula is C23H31NO5. The van der Waals surface area contributed by atoms with Crippen LogP contribution in [0.15, 0.2) is 34.7 Å². The minimum absolute atomic E-state index is 0.384. The Kier molecular flexibility index (Phi) is 7.09. The molecule has 1 aliphatic carbocycles. The highest BCUT2D eigenvalue weighted by Crippen LogP contribution is 2.31. The number of aryl methyl sites for hydroxylation is 1. The van der Waals surface area contributed by atoms with Gasteiger partial charge in [0.1, 0.15) is 11.5 Å². The molecule has 3 rings (SSSR count). The van der Waals surface area contributed by atoms with Crippen molar-refractivity contribution >= 4 is 5.97 Å². The summed E-state index contributed by atoms with van der Waals surface area (Å²) in [6.45, 7) is 6.71. The van der Waals surface area contributed by atoms with E-state index >= 15 is 0 Å². The van der Waals surface area contributed by atoms with Crippen molar-refractivity contribution in [2.24, 2.45) is 11.8 Å². The van der Waals surface area contributed by atoms with Crippen LogP contribution in [0.3, 0.4) is 0 Å². The molecule has 0 radical (unpaired) electrons. The molecule has 158 valence electrons. The van der Waals surface area contributed by atoms with Crippen LogP contribution < -0.4 is 0 Å². The average molecular weight is 402 g/mol. The van der Waals surface area contributed by atoms with Crippen molar-refractivity contribution in [3.8, 4) is 11.5 Å². The lowest BCUT2D eigenvalue weighted by Gasteiger charge is -2.31. The highest BCUT2D eigenvalue weighted by atomic mass is 16.5. The number of hydrogen-bond donors (Lipinski definition) is 1. The van der Waals surface area contributed by atoms with Gasteiger partial charge in [-0.25, -0.2) is 9.78 Å². The topological polar surface area (TPSA) is 81.8 Å². The Balaban J connectivity index is 1.46. The SMILES string of the molecule is Cc1oc(-c2ccccc2)nc1COC[C@@H]1CCC[C@H](COC(C)(C)C(=O)O)C1. The van der Waals surface area contributed by atoms with E-state index in [1.54, 1.807) is 13.8 Å². The fourth-order valence-corrected chi connectivity index (χ4v) is 3.68. The Morgan fingerprint density at radius 2 is 1.90 bits per heavy atom. The van der Waals surface area contributed by atoms with Crippen molar-refractivity contribution in [2.75, 3.05) is 13.2 Å². The third-order valence-electron chi connectivity index (χ3n) is 5.59. The summed E-state index contributed by atoms with van der Waals surface area (Å²) in [4.78, 5) is 15.8. The van der Waals surface area contributed by atoms with E-state index in [1.807, 2.05) is 37.3 Å². The second kappa shape index (κ2) is 9.55. The van der Waals surface area contributed by atoms with Crippen LogP contribution in [0.5, 0.6) is 0 Å². The maximum absolute atomic E-state index is 11.2. The van der Waals surface area contributed by atoms with Crippen LogP contribution in [0.1, 0.15) is 51.0 Å². The maximum Gasteiger partial charge on any atom is 0.335 e. The molecule has 1 aromatic heterocycles. The Bertz CT molecular complexity index is 799. The molecule has 1 saturated carbocycles. The van der Waals surface area contributed by atoms with E-state index in [0.29, 0.717) is 37.5 Å². The molecule has 6 heteroatoms. The zero-order chi connectivity index (χ0) is 20.9. The maximum atomic E-state index is 11.2. The number of hydrogen-bond acceptors (Lipinski definition) is 5. The van der Waals surface area contributed by atoms with Crippen LogP contribution in [0.2, 0.25) is 0 Å². The number of rotatable bonds is 9. The fraction of sp³-hybridized carbons (Fsp3) is 0.565. The average Bonchev–Trinajstić information content (AvgIpc) is 3.08. The number of benzene rings is 1. The summed E-state index contributed by atoms with van der Waals surface area (Å²) in [6.07, 6.45) is 4.33. The summed E-state index contributed by atoms with van der Waals surface area (Å²) in [5, 5.41) is 9.19. The quantitative estimate of drug-likeness (QED) is 0.647. The summed E-state index contributed by atoms with van der Waals surface area (Å²) in [7, 11) is 0. The highest BCUT2D eigenvalue weighted by molar-refractivity contribution is 5.76. The molecule has 0 amide bonds. The molecule has 0 saturated heterocycles. The van der Waals surface area contributed by atoms with Crippen LogP contribution in [0.25, 0.3) is 11.5 Å². The number of carbonyl (C=O) groups is 1. The number of aromatic nitrogens is 1. The van der Waals surface area contributed by atoms with Crippen LogP contribution in [-0.4, -0.2) is 34.9 Å². The lowest BCUT2D eigenvalue weighted by Crippen LogP contribution is -2.37. The van der Waals surface area contributed by atoms with Gasteiger partial charge in [0, 0.05) is 12.2 Å². The molecule has 2 aromatic rings.